The van der Waals surface area contributed by atoms with Gasteiger partial charge in [-0.15, -0.1) is 0 Å². The third-order valence-corrected chi connectivity index (χ3v) is 5.15. The fourth-order valence-corrected chi connectivity index (χ4v) is 3.70. The van der Waals surface area contributed by atoms with E-state index in [0.29, 0.717) is 18.1 Å². The third-order valence-electron chi connectivity index (χ3n) is 3.78. The highest BCUT2D eigenvalue weighted by Crippen LogP contribution is 2.40. The number of benzene rings is 1. The van der Waals surface area contributed by atoms with Crippen molar-refractivity contribution in [1.29, 1.82) is 0 Å². The zero-order chi connectivity index (χ0) is 15.0. The van der Waals surface area contributed by atoms with E-state index in [0.717, 1.165) is 25.9 Å². The summed E-state index contributed by atoms with van der Waals surface area (Å²) in [6, 6.07) is 2.90. The molecule has 2 aliphatic heterocycles. The van der Waals surface area contributed by atoms with Crippen molar-refractivity contribution < 1.29 is 17.9 Å². The Morgan fingerprint density at radius 3 is 2.71 bits per heavy atom. The number of nitrogens with zero attached hydrogens (tertiary/aromatic N) is 1. The van der Waals surface area contributed by atoms with Gasteiger partial charge in [-0.05, 0) is 32.0 Å². The largest absolute Gasteiger partial charge is 0.484 e. The van der Waals surface area contributed by atoms with Crippen molar-refractivity contribution in [2.45, 2.75) is 23.8 Å². The minimum absolute atomic E-state index is 0.0959. The van der Waals surface area contributed by atoms with Crippen LogP contribution in [0.25, 0.3) is 0 Å². The number of fused-ring (bicyclic) bond motifs is 1. The van der Waals surface area contributed by atoms with Gasteiger partial charge in [-0.3, -0.25) is 4.90 Å². The van der Waals surface area contributed by atoms with Gasteiger partial charge < -0.3 is 9.47 Å². The fourth-order valence-electron chi connectivity index (χ4n) is 2.72. The minimum atomic E-state index is -3.33. The number of halogens is 1. The monoisotopic (exact) mass is 331 g/mol. The predicted molar refractivity (Wildman–Crippen MR) is 80.1 cm³/mol. The second-order valence-electron chi connectivity index (χ2n) is 5.56. The fraction of sp³-hybridized carbons (Fsp3) is 0.571. The van der Waals surface area contributed by atoms with Gasteiger partial charge >= 0.3 is 0 Å². The van der Waals surface area contributed by atoms with E-state index in [2.05, 4.69) is 4.90 Å². The summed E-state index contributed by atoms with van der Waals surface area (Å²) in [6.45, 7) is 3.38. The number of ether oxygens (including phenoxy) is 2. The molecule has 1 aromatic carbocycles. The maximum Gasteiger partial charge on any atom is 0.180 e. The Morgan fingerprint density at radius 1 is 1.33 bits per heavy atom. The van der Waals surface area contributed by atoms with Crippen molar-refractivity contribution >= 4 is 21.4 Å². The molecular formula is C14H18ClNO4S. The van der Waals surface area contributed by atoms with Gasteiger partial charge in [0.2, 0.25) is 0 Å². The Labute approximate surface area is 129 Å². The lowest BCUT2D eigenvalue weighted by molar-refractivity contribution is 0.0648. The number of rotatable bonds is 3. The smallest absolute Gasteiger partial charge is 0.180 e. The molecule has 0 spiro atoms. The lowest BCUT2D eigenvalue weighted by Gasteiger charge is -2.30. The van der Waals surface area contributed by atoms with E-state index in [1.807, 2.05) is 0 Å². The Morgan fingerprint density at radius 2 is 2.05 bits per heavy atom. The van der Waals surface area contributed by atoms with Crippen LogP contribution >= 0.6 is 11.6 Å². The van der Waals surface area contributed by atoms with Crippen LogP contribution in [-0.4, -0.2) is 51.9 Å². The molecule has 7 heteroatoms. The van der Waals surface area contributed by atoms with Crippen LogP contribution in [0.5, 0.6) is 11.5 Å². The summed E-state index contributed by atoms with van der Waals surface area (Å²) in [5, 5.41) is 0.271. The molecule has 0 N–H and O–H groups in total. The van der Waals surface area contributed by atoms with Crippen LogP contribution in [0, 0.1) is 0 Å². The Kier molecular flexibility index (Phi) is 4.03. The highest BCUT2D eigenvalue weighted by atomic mass is 35.5. The molecule has 0 radical (unpaired) electrons. The van der Waals surface area contributed by atoms with Gasteiger partial charge in [-0.2, -0.15) is 0 Å². The average Bonchev–Trinajstić information content (AvgIpc) is 2.90. The summed E-state index contributed by atoms with van der Waals surface area (Å²) >= 11 is 6.09. The molecular weight excluding hydrogens is 314 g/mol. The second kappa shape index (κ2) is 5.66. The van der Waals surface area contributed by atoms with E-state index in [1.54, 1.807) is 0 Å². The molecule has 0 aromatic heterocycles. The molecule has 2 aliphatic rings. The summed E-state index contributed by atoms with van der Waals surface area (Å²) in [4.78, 5) is 2.48. The first-order valence-electron chi connectivity index (χ1n) is 6.99. The van der Waals surface area contributed by atoms with Crippen molar-refractivity contribution in [1.82, 2.24) is 4.90 Å². The lowest BCUT2D eigenvalue weighted by atomic mass is 10.2. The van der Waals surface area contributed by atoms with Gasteiger partial charge in [-0.25, -0.2) is 8.42 Å². The molecule has 0 amide bonds. The normalized spacial score (nSPS) is 22.5. The van der Waals surface area contributed by atoms with Gasteiger partial charge in [-0.1, -0.05) is 11.6 Å². The first kappa shape index (κ1) is 14.9. The van der Waals surface area contributed by atoms with Crippen LogP contribution < -0.4 is 9.47 Å². The van der Waals surface area contributed by atoms with Crippen molar-refractivity contribution in [3.8, 4) is 11.5 Å². The van der Waals surface area contributed by atoms with E-state index in [-0.39, 0.29) is 16.0 Å². The second-order valence-corrected chi connectivity index (χ2v) is 7.99. The van der Waals surface area contributed by atoms with E-state index in [9.17, 15) is 8.42 Å². The molecule has 116 valence electrons. The molecule has 21 heavy (non-hydrogen) atoms. The summed E-state index contributed by atoms with van der Waals surface area (Å²) in [5.74, 6) is 0.847. The number of sulfone groups is 1. The average molecular weight is 332 g/mol. The first-order chi connectivity index (χ1) is 9.93. The number of hydrogen-bond donors (Lipinski definition) is 0. The van der Waals surface area contributed by atoms with Crippen molar-refractivity contribution in [3.63, 3.8) is 0 Å². The van der Waals surface area contributed by atoms with Crippen LogP contribution in [0.3, 0.4) is 0 Å². The quantitative estimate of drug-likeness (QED) is 0.847. The lowest BCUT2D eigenvalue weighted by Crippen LogP contribution is -2.40. The maximum absolute atomic E-state index is 11.7. The first-order valence-corrected chi connectivity index (χ1v) is 9.26. The molecule has 2 heterocycles. The molecule has 1 fully saturated rings. The molecule has 0 bridgehead atoms. The summed E-state index contributed by atoms with van der Waals surface area (Å²) in [6.07, 6.45) is 3.49. The van der Waals surface area contributed by atoms with Gasteiger partial charge in [0.25, 0.3) is 0 Å². The van der Waals surface area contributed by atoms with E-state index in [4.69, 9.17) is 21.1 Å². The zero-order valence-corrected chi connectivity index (χ0v) is 13.4. The summed E-state index contributed by atoms with van der Waals surface area (Å²) in [5.41, 5.74) is 0. The molecule has 3 rings (SSSR count). The van der Waals surface area contributed by atoms with Crippen LogP contribution in [0.15, 0.2) is 17.0 Å². The van der Waals surface area contributed by atoms with Crippen molar-refractivity contribution in [3.05, 3.63) is 17.2 Å². The minimum Gasteiger partial charge on any atom is -0.484 e. The molecule has 1 saturated heterocycles. The Hall–Kier alpha value is -0.980. The Balaban J connectivity index is 1.82. The molecule has 0 saturated carbocycles. The SMILES string of the molecule is CS(=O)(=O)c1cc(Cl)c2c(c1)O[C@@H](CN1CCCC1)CO2. The highest BCUT2D eigenvalue weighted by molar-refractivity contribution is 7.90. The van der Waals surface area contributed by atoms with Crippen LogP contribution in [0.2, 0.25) is 5.02 Å². The molecule has 1 aromatic rings. The highest BCUT2D eigenvalue weighted by Gasteiger charge is 2.27. The van der Waals surface area contributed by atoms with Gasteiger partial charge in [0.05, 0.1) is 9.92 Å². The Bertz CT molecular complexity index is 641. The molecule has 0 aliphatic carbocycles. The van der Waals surface area contributed by atoms with E-state index in [1.165, 1.54) is 25.0 Å². The molecule has 0 unspecified atom stereocenters. The third kappa shape index (κ3) is 3.27. The van der Waals surface area contributed by atoms with Crippen LogP contribution in [0.1, 0.15) is 12.8 Å². The number of hydrogen-bond acceptors (Lipinski definition) is 5. The number of likely N-dealkylation sites (tertiary alicyclic amines) is 1. The molecule has 5 nitrogen and oxygen atoms in total. The maximum atomic E-state index is 11.7. The van der Waals surface area contributed by atoms with Crippen LogP contribution in [0.4, 0.5) is 0 Å². The van der Waals surface area contributed by atoms with Crippen LogP contribution in [-0.2, 0) is 9.84 Å². The summed E-state index contributed by atoms with van der Waals surface area (Å²) in [7, 11) is -3.33. The predicted octanol–water partition coefficient (Wildman–Crippen LogP) is 1.98. The van der Waals surface area contributed by atoms with Gasteiger partial charge in [0.15, 0.2) is 21.3 Å². The van der Waals surface area contributed by atoms with E-state index < -0.39 is 9.84 Å². The summed E-state index contributed by atoms with van der Waals surface area (Å²) < 4.78 is 34.9. The van der Waals surface area contributed by atoms with Gasteiger partial charge in [0, 0.05) is 18.9 Å². The van der Waals surface area contributed by atoms with Crippen molar-refractivity contribution in [2.75, 3.05) is 32.5 Å². The standard InChI is InChI=1S/C14H18ClNO4S/c1-21(17,18)11-6-12(15)14-13(7-11)20-10(9-19-14)8-16-4-2-3-5-16/h6-7,10H,2-5,8-9H2,1H3/t10-/m0/s1. The van der Waals surface area contributed by atoms with E-state index >= 15 is 0 Å². The van der Waals surface area contributed by atoms with Gasteiger partial charge in [0.1, 0.15) is 12.7 Å². The molecule has 1 atom stereocenters. The van der Waals surface area contributed by atoms with Crippen molar-refractivity contribution in [2.24, 2.45) is 0 Å². The topological polar surface area (TPSA) is 55.8 Å². The zero-order valence-electron chi connectivity index (χ0n) is 11.8.